The van der Waals surface area contributed by atoms with Crippen molar-refractivity contribution in [1.29, 1.82) is 0 Å². The maximum Gasteiger partial charge on any atom is 0.164 e. The zero-order valence-electron chi connectivity index (χ0n) is 28.5. The normalized spacial score (nSPS) is 16.6. The van der Waals surface area contributed by atoms with Crippen LogP contribution in [0.1, 0.15) is 76.6 Å². The second-order valence-electron chi connectivity index (χ2n) is 15.4. The van der Waals surface area contributed by atoms with Gasteiger partial charge in [-0.2, -0.15) is 0 Å². The van der Waals surface area contributed by atoms with E-state index in [1.54, 1.807) is 6.07 Å². The maximum absolute atomic E-state index is 15.6. The van der Waals surface area contributed by atoms with Gasteiger partial charge >= 0.3 is 0 Å². The van der Waals surface area contributed by atoms with Crippen LogP contribution in [0.15, 0.2) is 109 Å². The summed E-state index contributed by atoms with van der Waals surface area (Å²) in [5.74, 6) is 1.25. The molecule has 238 valence electrons. The molecule has 0 unspecified atom stereocenters. The van der Waals surface area contributed by atoms with Crippen molar-refractivity contribution in [3.63, 3.8) is 0 Å². The number of rotatable bonds is 4. The minimum absolute atomic E-state index is 0.0521. The van der Waals surface area contributed by atoms with Crippen molar-refractivity contribution in [2.75, 3.05) is 0 Å². The van der Waals surface area contributed by atoms with Crippen LogP contribution >= 0.6 is 0 Å². The van der Waals surface area contributed by atoms with E-state index >= 15 is 4.39 Å². The van der Waals surface area contributed by atoms with Crippen LogP contribution in [0.5, 0.6) is 0 Å². The molecule has 48 heavy (non-hydrogen) atoms. The van der Waals surface area contributed by atoms with Crippen LogP contribution in [-0.4, -0.2) is 15.0 Å². The van der Waals surface area contributed by atoms with Crippen LogP contribution in [0.2, 0.25) is 0 Å². The van der Waals surface area contributed by atoms with Gasteiger partial charge in [-0.3, -0.25) is 0 Å². The van der Waals surface area contributed by atoms with Gasteiger partial charge in [-0.25, -0.2) is 19.3 Å². The first-order chi connectivity index (χ1) is 22.9. The molecule has 0 fully saturated rings. The van der Waals surface area contributed by atoms with Crippen LogP contribution < -0.4 is 0 Å². The molecule has 0 radical (unpaired) electrons. The molecule has 0 spiro atoms. The second kappa shape index (κ2) is 10.8. The number of hydrogen-bond acceptors (Lipinski definition) is 3. The summed E-state index contributed by atoms with van der Waals surface area (Å²) in [5, 5.41) is 0. The number of nitrogens with zero attached hydrogens (tertiary/aromatic N) is 3. The van der Waals surface area contributed by atoms with Gasteiger partial charge in [-0.1, -0.05) is 126 Å². The van der Waals surface area contributed by atoms with E-state index in [0.29, 0.717) is 23.0 Å². The van der Waals surface area contributed by atoms with E-state index < -0.39 is 0 Å². The predicted octanol–water partition coefficient (Wildman–Crippen LogP) is 11.3. The van der Waals surface area contributed by atoms with E-state index in [0.717, 1.165) is 35.1 Å². The summed E-state index contributed by atoms with van der Waals surface area (Å²) in [6.07, 6.45) is 2.27. The Morgan fingerprint density at radius 1 is 0.438 bits per heavy atom. The lowest BCUT2D eigenvalue weighted by Gasteiger charge is -2.42. The summed E-state index contributed by atoms with van der Waals surface area (Å²) < 4.78 is 15.6. The van der Waals surface area contributed by atoms with Crippen molar-refractivity contribution < 1.29 is 4.39 Å². The Bertz CT molecular complexity index is 2230. The Hall–Kier alpha value is -4.96. The molecular weight excluding hydrogens is 590 g/mol. The van der Waals surface area contributed by atoms with Crippen LogP contribution in [0.3, 0.4) is 0 Å². The van der Waals surface area contributed by atoms with E-state index in [2.05, 4.69) is 102 Å². The lowest BCUT2D eigenvalue weighted by molar-refractivity contribution is 0.332. The van der Waals surface area contributed by atoms with Gasteiger partial charge in [0.25, 0.3) is 0 Å². The number of hydrogen-bond donors (Lipinski definition) is 0. The fraction of sp³-hybridized carbons (Fsp3) is 0.250. The van der Waals surface area contributed by atoms with E-state index in [4.69, 9.17) is 15.0 Å². The average Bonchev–Trinajstić information content (AvgIpc) is 3.32. The first kappa shape index (κ1) is 30.4. The molecule has 0 aliphatic heterocycles. The zero-order valence-corrected chi connectivity index (χ0v) is 28.5. The zero-order chi connectivity index (χ0) is 33.4. The minimum Gasteiger partial charge on any atom is -0.208 e. The Balaban J connectivity index is 1.27. The molecule has 8 rings (SSSR count). The van der Waals surface area contributed by atoms with Gasteiger partial charge in [0, 0.05) is 22.1 Å². The monoisotopic (exact) mass is 629 g/mol. The summed E-state index contributed by atoms with van der Waals surface area (Å²) in [6.45, 7) is 13.8. The van der Waals surface area contributed by atoms with Crippen LogP contribution in [0.25, 0.3) is 56.4 Å². The van der Waals surface area contributed by atoms with Gasteiger partial charge in [0.05, 0.1) is 0 Å². The van der Waals surface area contributed by atoms with E-state index in [1.807, 2.05) is 36.4 Å². The summed E-state index contributed by atoms with van der Waals surface area (Å²) in [7, 11) is 0. The van der Waals surface area contributed by atoms with Gasteiger partial charge in [0.2, 0.25) is 0 Å². The molecule has 1 aromatic heterocycles. The molecule has 3 nitrogen and oxygen atoms in total. The second-order valence-corrected chi connectivity index (χ2v) is 15.4. The molecule has 0 atom stereocenters. The SMILES string of the molecule is CC1(C)CCC(C)(C)c2cc(-c3cc(F)cc(-c4nc(-c5ccccc5)nc(-c5ccc6c(c5)C(C)(C)c5ccccc5-6)n4)c3)ccc21. The molecule has 0 bridgehead atoms. The third-order valence-corrected chi connectivity index (χ3v) is 10.9. The van der Waals surface area contributed by atoms with Crippen molar-refractivity contribution in [3.8, 4) is 56.4 Å². The Kier molecular flexibility index (Phi) is 6.82. The Morgan fingerprint density at radius 2 is 1.00 bits per heavy atom. The molecule has 0 amide bonds. The summed E-state index contributed by atoms with van der Waals surface area (Å²) >= 11 is 0. The number of fused-ring (bicyclic) bond motifs is 4. The molecule has 1 heterocycles. The average molecular weight is 630 g/mol. The van der Waals surface area contributed by atoms with E-state index in [1.165, 1.54) is 39.4 Å². The lowest BCUT2D eigenvalue weighted by Crippen LogP contribution is -2.33. The molecular formula is C44H40FN3. The van der Waals surface area contributed by atoms with Gasteiger partial charge in [-0.05, 0) is 92.4 Å². The largest absolute Gasteiger partial charge is 0.208 e. The number of benzene rings is 5. The van der Waals surface area contributed by atoms with Crippen LogP contribution in [0.4, 0.5) is 4.39 Å². The summed E-state index contributed by atoms with van der Waals surface area (Å²) in [5.41, 5.74) is 12.0. The third kappa shape index (κ3) is 4.97. The van der Waals surface area contributed by atoms with Crippen LogP contribution in [-0.2, 0) is 16.2 Å². The van der Waals surface area contributed by atoms with Gasteiger partial charge < -0.3 is 0 Å². The van der Waals surface area contributed by atoms with Crippen LogP contribution in [0, 0.1) is 5.82 Å². The van der Waals surface area contributed by atoms with Gasteiger partial charge in [0.1, 0.15) is 5.82 Å². The summed E-state index contributed by atoms with van der Waals surface area (Å²) in [4.78, 5) is 14.9. The van der Waals surface area contributed by atoms with Crippen molar-refractivity contribution in [2.45, 2.75) is 70.6 Å². The standard InChI is InChI=1S/C44H40FN3/c1-42(2)20-21-43(3,4)38-25-28(17-19-36(38)42)30-22-31(24-32(45)23-30)41-47-39(27-12-8-7-9-13-27)46-40(48-41)29-16-18-34-33-14-10-11-15-35(33)44(5,6)37(34)26-29/h7-19,22-26H,20-21H2,1-6H3. The molecule has 4 heteroatoms. The molecule has 2 aliphatic rings. The lowest BCUT2D eigenvalue weighted by atomic mass is 9.63. The van der Waals surface area contributed by atoms with E-state index in [9.17, 15) is 0 Å². The first-order valence-electron chi connectivity index (χ1n) is 16.9. The molecule has 0 saturated heterocycles. The topological polar surface area (TPSA) is 38.7 Å². The Morgan fingerprint density at radius 3 is 1.75 bits per heavy atom. The first-order valence-corrected chi connectivity index (χ1v) is 16.9. The summed E-state index contributed by atoms with van der Waals surface area (Å²) in [6, 6.07) is 36.9. The smallest absolute Gasteiger partial charge is 0.164 e. The molecule has 6 aromatic rings. The van der Waals surface area contributed by atoms with Gasteiger partial charge in [0.15, 0.2) is 17.5 Å². The highest BCUT2D eigenvalue weighted by Gasteiger charge is 2.37. The molecule has 2 aliphatic carbocycles. The highest BCUT2D eigenvalue weighted by atomic mass is 19.1. The molecule has 5 aromatic carbocycles. The molecule has 0 saturated carbocycles. The van der Waals surface area contributed by atoms with Crippen molar-refractivity contribution in [2.24, 2.45) is 0 Å². The van der Waals surface area contributed by atoms with Crippen molar-refractivity contribution in [3.05, 3.63) is 137 Å². The van der Waals surface area contributed by atoms with Crippen molar-refractivity contribution >= 4 is 0 Å². The fourth-order valence-corrected chi connectivity index (χ4v) is 7.85. The third-order valence-electron chi connectivity index (χ3n) is 10.9. The van der Waals surface area contributed by atoms with Gasteiger partial charge in [-0.15, -0.1) is 0 Å². The Labute approximate surface area is 283 Å². The minimum atomic E-state index is -0.319. The number of halogens is 1. The molecule has 0 N–H and O–H groups in total. The quantitative estimate of drug-likeness (QED) is 0.195. The number of aromatic nitrogens is 3. The van der Waals surface area contributed by atoms with Crippen molar-refractivity contribution in [1.82, 2.24) is 15.0 Å². The highest BCUT2D eigenvalue weighted by Crippen LogP contribution is 2.50. The predicted molar refractivity (Wildman–Crippen MR) is 194 cm³/mol. The fourth-order valence-electron chi connectivity index (χ4n) is 7.85. The van der Waals surface area contributed by atoms with E-state index in [-0.39, 0.29) is 22.1 Å². The highest BCUT2D eigenvalue weighted by molar-refractivity contribution is 5.83. The maximum atomic E-state index is 15.6.